The third-order valence-corrected chi connectivity index (χ3v) is 7.53. The standard InChI is InChI=1S/C24H23N3O2/c1-3-10-26-13(2)19(14-6-4-5-7-20(14)26)12-25-27-23(28)21-15-8-9-16(18-11-17(15)18)22(21)24(27)29/h3-9,12,15-18,21-22H,1,10-11H2,2H3/b25-12-/t15-,16+,17-,18-,21+,22+/m1/s1. The number of hydrogen-bond donors (Lipinski definition) is 0. The average molecular weight is 385 g/mol. The highest BCUT2D eigenvalue weighted by Gasteiger charge is 2.67. The lowest BCUT2D eigenvalue weighted by Gasteiger charge is -2.37. The van der Waals surface area contributed by atoms with Gasteiger partial charge < -0.3 is 4.57 Å². The summed E-state index contributed by atoms with van der Waals surface area (Å²) in [6, 6.07) is 8.12. The van der Waals surface area contributed by atoms with E-state index in [0.717, 1.165) is 27.2 Å². The van der Waals surface area contributed by atoms with Crippen molar-refractivity contribution in [1.82, 2.24) is 9.58 Å². The van der Waals surface area contributed by atoms with Crippen LogP contribution in [0.5, 0.6) is 0 Å². The van der Waals surface area contributed by atoms with Gasteiger partial charge in [-0.05, 0) is 43.1 Å². The molecule has 0 N–H and O–H groups in total. The van der Waals surface area contributed by atoms with Gasteiger partial charge in [-0.15, -0.1) is 6.58 Å². The Bertz CT molecular complexity index is 1100. The zero-order valence-electron chi connectivity index (χ0n) is 16.4. The first-order valence-corrected chi connectivity index (χ1v) is 10.4. The van der Waals surface area contributed by atoms with Crippen LogP contribution in [0, 0.1) is 42.4 Å². The lowest BCUT2D eigenvalue weighted by molar-refractivity contribution is -0.140. The van der Waals surface area contributed by atoms with Crippen molar-refractivity contribution in [3.8, 4) is 0 Å². The number of hydrazone groups is 1. The van der Waals surface area contributed by atoms with E-state index in [9.17, 15) is 9.59 Å². The minimum Gasteiger partial charge on any atom is -0.340 e. The van der Waals surface area contributed by atoms with Crippen LogP contribution in [-0.2, 0) is 16.1 Å². The van der Waals surface area contributed by atoms with Crippen LogP contribution in [0.15, 0.2) is 54.2 Å². The molecule has 2 aromatic rings. The van der Waals surface area contributed by atoms with Crippen molar-refractivity contribution in [2.45, 2.75) is 19.9 Å². The van der Waals surface area contributed by atoms with Gasteiger partial charge in [-0.25, -0.2) is 0 Å². The summed E-state index contributed by atoms with van der Waals surface area (Å²) in [5.41, 5.74) is 3.10. The molecule has 5 aliphatic rings. The molecule has 3 fully saturated rings. The van der Waals surface area contributed by atoms with Crippen LogP contribution >= 0.6 is 0 Å². The minimum absolute atomic E-state index is 0.117. The van der Waals surface area contributed by atoms with Crippen molar-refractivity contribution in [2.75, 3.05) is 0 Å². The van der Waals surface area contributed by atoms with Crippen molar-refractivity contribution in [2.24, 2.45) is 40.6 Å². The number of carbonyl (C=O) groups excluding carboxylic acids is 2. The molecule has 2 amide bonds. The van der Waals surface area contributed by atoms with E-state index >= 15 is 0 Å². The first kappa shape index (κ1) is 17.0. The van der Waals surface area contributed by atoms with E-state index in [0.29, 0.717) is 18.4 Å². The fourth-order valence-corrected chi connectivity index (χ4v) is 6.16. The third kappa shape index (κ3) is 2.13. The van der Waals surface area contributed by atoms with Gasteiger partial charge in [-0.1, -0.05) is 36.4 Å². The van der Waals surface area contributed by atoms with Gasteiger partial charge in [-0.2, -0.15) is 10.1 Å². The van der Waals surface area contributed by atoms with Crippen molar-refractivity contribution in [3.63, 3.8) is 0 Å². The summed E-state index contributed by atoms with van der Waals surface area (Å²) < 4.78 is 2.18. The van der Waals surface area contributed by atoms with Crippen LogP contribution in [0.2, 0.25) is 0 Å². The molecule has 0 radical (unpaired) electrons. The largest absolute Gasteiger partial charge is 0.340 e. The van der Waals surface area contributed by atoms with Gasteiger partial charge in [0.2, 0.25) is 0 Å². The van der Waals surface area contributed by atoms with Crippen molar-refractivity contribution < 1.29 is 9.59 Å². The smallest absolute Gasteiger partial charge is 0.254 e. The molecular formula is C24H23N3O2. The second-order valence-electron chi connectivity index (χ2n) is 8.80. The number of benzene rings is 1. The van der Waals surface area contributed by atoms with Crippen LogP contribution in [0.3, 0.4) is 0 Å². The van der Waals surface area contributed by atoms with Crippen LogP contribution in [0.25, 0.3) is 10.9 Å². The van der Waals surface area contributed by atoms with Crippen molar-refractivity contribution in [1.29, 1.82) is 0 Å². The van der Waals surface area contributed by atoms with Gasteiger partial charge in [0.25, 0.3) is 11.8 Å². The number of hydrogen-bond acceptors (Lipinski definition) is 3. The summed E-state index contributed by atoms with van der Waals surface area (Å²) in [7, 11) is 0. The lowest BCUT2D eigenvalue weighted by Crippen LogP contribution is -2.40. The zero-order valence-corrected chi connectivity index (χ0v) is 16.4. The molecule has 1 aromatic carbocycles. The Balaban J connectivity index is 1.37. The maximum absolute atomic E-state index is 13.1. The highest BCUT2D eigenvalue weighted by molar-refractivity contribution is 6.08. The summed E-state index contributed by atoms with van der Waals surface area (Å²) in [6.07, 6.45) is 9.10. The summed E-state index contributed by atoms with van der Waals surface area (Å²) >= 11 is 0. The van der Waals surface area contributed by atoms with Crippen LogP contribution in [0.1, 0.15) is 17.7 Å². The quantitative estimate of drug-likeness (QED) is 0.459. The molecule has 1 saturated heterocycles. The normalized spacial score (nSPS) is 34.3. The molecule has 4 aliphatic carbocycles. The molecule has 6 atom stereocenters. The first-order chi connectivity index (χ1) is 14.1. The maximum atomic E-state index is 13.1. The Morgan fingerprint density at radius 3 is 2.41 bits per heavy atom. The predicted octanol–water partition coefficient (Wildman–Crippen LogP) is 3.52. The van der Waals surface area contributed by atoms with E-state index in [-0.39, 0.29) is 35.5 Å². The molecule has 29 heavy (non-hydrogen) atoms. The SMILES string of the molecule is C=CCn1c(C)c(/C=N\N2C(=O)[C@H]3[C@@H]4C=C[C@@H]([C@H]5C[C@H]45)[C@@H]3C2=O)c2ccccc21. The molecule has 2 bridgehead atoms. The number of carbonyl (C=O) groups is 2. The van der Waals surface area contributed by atoms with E-state index in [2.05, 4.69) is 34.5 Å². The van der Waals surface area contributed by atoms with E-state index < -0.39 is 0 Å². The number of nitrogens with zero attached hydrogens (tertiary/aromatic N) is 3. The van der Waals surface area contributed by atoms with Crippen LogP contribution < -0.4 is 0 Å². The number of amides is 2. The van der Waals surface area contributed by atoms with Gasteiger partial charge in [-0.3, -0.25) is 9.59 Å². The summed E-state index contributed by atoms with van der Waals surface area (Å²) in [5, 5.41) is 6.67. The Kier molecular flexibility index (Phi) is 3.38. The fraction of sp³-hybridized carbons (Fsp3) is 0.375. The van der Waals surface area contributed by atoms with Gasteiger partial charge in [0.15, 0.2) is 0 Å². The monoisotopic (exact) mass is 385 g/mol. The summed E-state index contributed by atoms with van der Waals surface area (Å²) in [5.74, 6) is 1.01. The molecule has 0 spiro atoms. The summed E-state index contributed by atoms with van der Waals surface area (Å²) in [6.45, 7) is 6.59. The zero-order chi connectivity index (χ0) is 19.9. The molecule has 1 aromatic heterocycles. The Hall–Kier alpha value is -2.95. The molecule has 2 saturated carbocycles. The van der Waals surface area contributed by atoms with Crippen LogP contribution in [0.4, 0.5) is 0 Å². The molecule has 2 heterocycles. The minimum atomic E-state index is -0.207. The molecule has 7 rings (SSSR count). The highest BCUT2D eigenvalue weighted by atomic mass is 16.2. The second-order valence-corrected chi connectivity index (χ2v) is 8.80. The maximum Gasteiger partial charge on any atom is 0.254 e. The Morgan fingerprint density at radius 1 is 1.10 bits per heavy atom. The van der Waals surface area contributed by atoms with E-state index in [4.69, 9.17) is 0 Å². The topological polar surface area (TPSA) is 54.7 Å². The fourth-order valence-electron chi connectivity index (χ4n) is 6.16. The number of imide groups is 1. The summed E-state index contributed by atoms with van der Waals surface area (Å²) in [4.78, 5) is 26.2. The number of fused-ring (bicyclic) bond motifs is 1. The molecule has 5 nitrogen and oxygen atoms in total. The van der Waals surface area contributed by atoms with Gasteiger partial charge in [0, 0.05) is 28.7 Å². The first-order valence-electron chi connectivity index (χ1n) is 10.4. The molecule has 0 unspecified atom stereocenters. The van der Waals surface area contributed by atoms with Gasteiger partial charge in [0.05, 0.1) is 18.1 Å². The van der Waals surface area contributed by atoms with Gasteiger partial charge in [0.1, 0.15) is 0 Å². The third-order valence-electron chi connectivity index (χ3n) is 7.53. The van der Waals surface area contributed by atoms with E-state index in [1.807, 2.05) is 31.2 Å². The van der Waals surface area contributed by atoms with E-state index in [1.165, 1.54) is 6.42 Å². The number of rotatable bonds is 4. The Morgan fingerprint density at radius 2 is 1.76 bits per heavy atom. The predicted molar refractivity (Wildman–Crippen MR) is 111 cm³/mol. The number of aromatic nitrogens is 1. The van der Waals surface area contributed by atoms with Crippen LogP contribution in [-0.4, -0.2) is 27.6 Å². The van der Waals surface area contributed by atoms with Crippen molar-refractivity contribution in [3.05, 3.63) is 60.3 Å². The molecule has 146 valence electrons. The van der Waals surface area contributed by atoms with Gasteiger partial charge >= 0.3 is 0 Å². The van der Waals surface area contributed by atoms with E-state index in [1.54, 1.807) is 6.21 Å². The number of para-hydroxylation sites is 1. The molecule has 5 heteroatoms. The second kappa shape index (κ2) is 5.78. The van der Waals surface area contributed by atoms with Crippen molar-refractivity contribution >= 4 is 28.9 Å². The lowest BCUT2D eigenvalue weighted by atomic mass is 9.63. The number of allylic oxidation sites excluding steroid dienone is 3. The molecule has 1 aliphatic heterocycles. The average Bonchev–Trinajstić information content (AvgIpc) is 3.47. The highest BCUT2D eigenvalue weighted by Crippen LogP contribution is 2.65. The molecular weight excluding hydrogens is 362 g/mol. The Labute approximate surface area is 169 Å².